The van der Waals surface area contributed by atoms with Crippen LogP contribution in [-0.2, 0) is 22.7 Å². The van der Waals surface area contributed by atoms with Crippen molar-refractivity contribution in [2.45, 2.75) is 26.2 Å². The number of halogens is 1. The lowest BCUT2D eigenvalue weighted by Crippen LogP contribution is -2.25. The second-order valence-corrected chi connectivity index (χ2v) is 6.89. The van der Waals surface area contributed by atoms with Crippen LogP contribution in [0.5, 0.6) is 0 Å². The highest BCUT2D eigenvalue weighted by molar-refractivity contribution is 6.67. The van der Waals surface area contributed by atoms with Gasteiger partial charge in [0.15, 0.2) is 0 Å². The zero-order chi connectivity index (χ0) is 19.8. The Morgan fingerprint density at radius 3 is 1.93 bits per heavy atom. The number of benzene rings is 2. The number of carbonyl (C=O) groups excluding carboxylic acids is 1. The average Bonchev–Trinajstić information content (AvgIpc) is 3.10. The Balaban J connectivity index is 1.67. The van der Waals surface area contributed by atoms with Crippen LogP contribution in [0.15, 0.2) is 66.9 Å². The fraction of sp³-hybridized carbons (Fsp3) is 0.273. The van der Waals surface area contributed by atoms with Gasteiger partial charge in [-0.25, -0.2) is 0 Å². The van der Waals surface area contributed by atoms with E-state index in [0.29, 0.717) is 32.1 Å². The fourth-order valence-corrected chi connectivity index (χ4v) is 3.17. The lowest BCUT2D eigenvalue weighted by Gasteiger charge is -2.20. The molecule has 3 rings (SSSR count). The number of carbonyl (C=O) groups is 1. The molecular weight excluding hydrogens is 376 g/mol. The van der Waals surface area contributed by atoms with Crippen LogP contribution in [-0.4, -0.2) is 28.2 Å². The molecule has 0 atom stereocenters. The first-order chi connectivity index (χ1) is 13.6. The van der Waals surface area contributed by atoms with Crippen LogP contribution in [0.4, 0.5) is 0 Å². The van der Waals surface area contributed by atoms with Gasteiger partial charge in [0.05, 0.1) is 38.7 Å². The van der Waals surface area contributed by atoms with Crippen molar-refractivity contribution < 1.29 is 14.3 Å². The summed E-state index contributed by atoms with van der Waals surface area (Å²) in [4.78, 5) is 11.9. The molecule has 0 saturated carbocycles. The molecule has 0 aliphatic heterocycles. The maximum absolute atomic E-state index is 11.9. The van der Waals surface area contributed by atoms with Crippen LogP contribution in [0.3, 0.4) is 0 Å². The molecule has 0 bridgehead atoms. The number of aryl methyl sites for hydroxylation is 1. The van der Waals surface area contributed by atoms with E-state index in [1.54, 1.807) is 10.9 Å². The van der Waals surface area contributed by atoms with E-state index in [9.17, 15) is 4.79 Å². The molecule has 0 radical (unpaired) electrons. The van der Waals surface area contributed by atoms with Gasteiger partial charge in [0.2, 0.25) is 0 Å². The molecule has 2 aromatic carbocycles. The van der Waals surface area contributed by atoms with E-state index < -0.39 is 5.24 Å². The van der Waals surface area contributed by atoms with Crippen LogP contribution < -0.4 is 0 Å². The molecule has 0 amide bonds. The quantitative estimate of drug-likeness (QED) is 0.470. The van der Waals surface area contributed by atoms with Crippen molar-refractivity contribution in [1.29, 1.82) is 0 Å². The third-order valence-electron chi connectivity index (χ3n) is 4.35. The third kappa shape index (κ3) is 5.52. The maximum atomic E-state index is 11.9. The Bertz CT molecular complexity index is 836. The number of hydrogen-bond acceptors (Lipinski definition) is 4. The summed E-state index contributed by atoms with van der Waals surface area (Å²) in [6, 6.07) is 19.6. The van der Waals surface area contributed by atoms with Crippen molar-refractivity contribution in [3.8, 4) is 0 Å². The van der Waals surface area contributed by atoms with Crippen LogP contribution in [0.2, 0.25) is 0 Å². The highest BCUT2D eigenvalue weighted by atomic mass is 35.5. The molecule has 0 aliphatic rings. The molecule has 3 aromatic rings. The van der Waals surface area contributed by atoms with E-state index in [1.165, 1.54) is 0 Å². The normalized spacial score (nSPS) is 11.1. The highest BCUT2D eigenvalue weighted by Crippen LogP contribution is 2.18. The first-order valence-electron chi connectivity index (χ1n) is 9.12. The van der Waals surface area contributed by atoms with Gasteiger partial charge in [-0.15, -0.1) is 0 Å². The van der Waals surface area contributed by atoms with Gasteiger partial charge in [-0.2, -0.15) is 5.10 Å². The average molecular weight is 399 g/mol. The van der Waals surface area contributed by atoms with Crippen molar-refractivity contribution in [3.63, 3.8) is 0 Å². The predicted molar refractivity (Wildman–Crippen MR) is 108 cm³/mol. The molecule has 0 spiro atoms. The molecule has 5 nitrogen and oxygen atoms in total. The van der Waals surface area contributed by atoms with Gasteiger partial charge in [-0.1, -0.05) is 60.7 Å². The van der Waals surface area contributed by atoms with E-state index in [0.717, 1.165) is 16.7 Å². The Hall–Kier alpha value is -2.47. The van der Waals surface area contributed by atoms with Crippen LogP contribution >= 0.6 is 11.6 Å². The van der Waals surface area contributed by atoms with Crippen LogP contribution in [0.1, 0.15) is 33.2 Å². The summed E-state index contributed by atoms with van der Waals surface area (Å²) in [6.07, 6.45) is 1.64. The molecule has 0 N–H and O–H groups in total. The summed E-state index contributed by atoms with van der Waals surface area (Å²) in [7, 11) is 0. The Morgan fingerprint density at radius 2 is 1.46 bits per heavy atom. The highest BCUT2D eigenvalue weighted by Gasteiger charge is 2.21. The number of rotatable bonds is 10. The molecule has 0 unspecified atom stereocenters. The lowest BCUT2D eigenvalue weighted by molar-refractivity contribution is 0.0269. The molecule has 0 aliphatic carbocycles. The molecule has 146 valence electrons. The maximum Gasteiger partial charge on any atom is 0.270 e. The smallest absolute Gasteiger partial charge is 0.270 e. The van der Waals surface area contributed by atoms with E-state index in [-0.39, 0.29) is 6.04 Å². The van der Waals surface area contributed by atoms with Crippen molar-refractivity contribution in [1.82, 2.24) is 9.78 Å². The van der Waals surface area contributed by atoms with Gasteiger partial charge in [0.1, 0.15) is 5.69 Å². The summed E-state index contributed by atoms with van der Waals surface area (Å²) >= 11 is 5.78. The van der Waals surface area contributed by atoms with Crippen LogP contribution in [0, 0.1) is 6.92 Å². The van der Waals surface area contributed by atoms with Gasteiger partial charge in [0, 0.05) is 0 Å². The van der Waals surface area contributed by atoms with Gasteiger partial charge < -0.3 is 9.47 Å². The number of nitrogens with zero attached hydrogens (tertiary/aromatic N) is 2. The van der Waals surface area contributed by atoms with Gasteiger partial charge in [-0.05, 0) is 35.2 Å². The minimum atomic E-state index is -0.536. The van der Waals surface area contributed by atoms with E-state index in [1.807, 2.05) is 67.6 Å². The van der Waals surface area contributed by atoms with Crippen molar-refractivity contribution in [2.75, 3.05) is 13.2 Å². The summed E-state index contributed by atoms with van der Waals surface area (Å²) in [6.45, 7) is 3.45. The van der Waals surface area contributed by atoms with Gasteiger partial charge in [0.25, 0.3) is 5.24 Å². The van der Waals surface area contributed by atoms with E-state index in [4.69, 9.17) is 21.1 Å². The predicted octanol–water partition coefficient (Wildman–Crippen LogP) is 4.55. The number of hydrogen-bond donors (Lipinski definition) is 0. The first-order valence-corrected chi connectivity index (χ1v) is 9.50. The number of aromatic nitrogens is 2. The topological polar surface area (TPSA) is 53.4 Å². The molecule has 1 aromatic heterocycles. The van der Waals surface area contributed by atoms with Crippen molar-refractivity contribution >= 4 is 16.8 Å². The lowest BCUT2D eigenvalue weighted by atomic mass is 10.2. The Kier molecular flexibility index (Phi) is 7.37. The van der Waals surface area contributed by atoms with Gasteiger partial charge in [-0.3, -0.25) is 9.48 Å². The second kappa shape index (κ2) is 10.2. The first kappa shape index (κ1) is 20.3. The number of ether oxygens (including phenoxy) is 2. The Morgan fingerprint density at radius 1 is 0.964 bits per heavy atom. The van der Waals surface area contributed by atoms with Crippen molar-refractivity contribution in [3.05, 3.63) is 89.2 Å². The van der Waals surface area contributed by atoms with Crippen LogP contribution in [0.25, 0.3) is 0 Å². The fourth-order valence-electron chi connectivity index (χ4n) is 2.93. The molecule has 0 saturated heterocycles. The second-order valence-electron chi connectivity index (χ2n) is 6.55. The molecular formula is C22H23ClN2O3. The molecule has 1 heterocycles. The summed E-state index contributed by atoms with van der Waals surface area (Å²) in [5.41, 5.74) is 3.27. The Labute approximate surface area is 169 Å². The summed E-state index contributed by atoms with van der Waals surface area (Å²) in [5, 5.41) is 3.80. The molecule has 28 heavy (non-hydrogen) atoms. The summed E-state index contributed by atoms with van der Waals surface area (Å²) in [5.74, 6) is 0. The summed E-state index contributed by atoms with van der Waals surface area (Å²) < 4.78 is 13.4. The molecule has 0 fully saturated rings. The third-order valence-corrected chi connectivity index (χ3v) is 4.53. The molecule has 6 heteroatoms. The van der Waals surface area contributed by atoms with E-state index >= 15 is 0 Å². The van der Waals surface area contributed by atoms with Gasteiger partial charge >= 0.3 is 0 Å². The van der Waals surface area contributed by atoms with Crippen molar-refractivity contribution in [2.24, 2.45) is 0 Å². The standard InChI is InChI=1S/C22H23ClN2O3/c1-17-12-24-25(21(17)22(23)26)20(15-27-13-18-8-4-2-5-9-18)16-28-14-19-10-6-3-7-11-19/h2-12,20H,13-16H2,1H3. The largest absolute Gasteiger partial charge is 0.374 e. The monoisotopic (exact) mass is 398 g/mol. The zero-order valence-electron chi connectivity index (χ0n) is 15.8. The SMILES string of the molecule is Cc1cnn(C(COCc2ccccc2)COCc2ccccc2)c1C(=O)Cl. The van der Waals surface area contributed by atoms with E-state index in [2.05, 4.69) is 5.10 Å². The minimum Gasteiger partial charge on any atom is -0.374 e. The minimum absolute atomic E-state index is 0.265. The zero-order valence-corrected chi connectivity index (χ0v) is 16.5.